The number of nitrogens with two attached hydrogens (primary N) is 1. The highest BCUT2D eigenvalue weighted by atomic mass is 35.5. The second kappa shape index (κ2) is 7.45. The molecule has 0 aliphatic heterocycles. The number of sulfonamides is 1. The normalized spacial score (nSPS) is 13.6. The molecule has 0 saturated carbocycles. The van der Waals surface area contributed by atoms with E-state index in [2.05, 4.69) is 0 Å². The first kappa shape index (κ1) is 19.4. The molecule has 1 unspecified atom stereocenters. The van der Waals surface area contributed by atoms with Gasteiger partial charge in [0.25, 0.3) is 0 Å². The molecule has 1 aromatic rings. The predicted octanol–water partition coefficient (Wildman–Crippen LogP) is 2.31. The van der Waals surface area contributed by atoms with Gasteiger partial charge in [-0.15, -0.1) is 12.4 Å². The Bertz CT molecular complexity index is 526. The lowest BCUT2D eigenvalue weighted by molar-refractivity contribution is 0.396. The minimum atomic E-state index is -3.49. The fourth-order valence-electron chi connectivity index (χ4n) is 1.82. The monoisotopic (exact) mass is 324 g/mol. The third-order valence-electron chi connectivity index (χ3n) is 3.32. The molecule has 7 heteroatoms. The maximum Gasteiger partial charge on any atom is 0.246 e. The average Bonchev–Trinajstić information content (AvgIpc) is 2.65. The van der Waals surface area contributed by atoms with Crippen LogP contribution in [0.25, 0.3) is 0 Å². The van der Waals surface area contributed by atoms with Gasteiger partial charge in [-0.2, -0.15) is 0 Å². The molecule has 0 fully saturated rings. The maximum atomic E-state index is 12.4. The van der Waals surface area contributed by atoms with E-state index in [4.69, 9.17) is 10.2 Å². The first-order valence-electron chi connectivity index (χ1n) is 6.45. The lowest BCUT2D eigenvalue weighted by Gasteiger charge is -2.21. The Balaban J connectivity index is 0.00000361. The quantitative estimate of drug-likeness (QED) is 0.871. The number of hydrogen-bond acceptors (Lipinski definition) is 4. The molecule has 0 amide bonds. The van der Waals surface area contributed by atoms with Gasteiger partial charge in [0.2, 0.25) is 10.0 Å². The third kappa shape index (κ3) is 4.48. The lowest BCUT2D eigenvalue weighted by Crippen LogP contribution is -2.34. The molecule has 0 saturated heterocycles. The number of nitrogens with zero attached hydrogens (tertiary/aromatic N) is 1. The molecule has 20 heavy (non-hydrogen) atoms. The Morgan fingerprint density at radius 2 is 1.90 bits per heavy atom. The summed E-state index contributed by atoms with van der Waals surface area (Å²) in [4.78, 5) is 0.241. The Morgan fingerprint density at radius 3 is 2.30 bits per heavy atom. The van der Waals surface area contributed by atoms with Gasteiger partial charge in [-0.3, -0.25) is 0 Å². The first-order chi connectivity index (χ1) is 8.66. The van der Waals surface area contributed by atoms with E-state index in [-0.39, 0.29) is 23.3 Å². The molecular formula is C13H25ClN2O3S. The third-order valence-corrected chi connectivity index (χ3v) is 5.28. The summed E-state index contributed by atoms with van der Waals surface area (Å²) >= 11 is 0. The Morgan fingerprint density at radius 1 is 1.35 bits per heavy atom. The highest BCUT2D eigenvalue weighted by molar-refractivity contribution is 7.89. The van der Waals surface area contributed by atoms with Crippen molar-refractivity contribution in [3.63, 3.8) is 0 Å². The van der Waals surface area contributed by atoms with Crippen molar-refractivity contribution in [2.75, 3.05) is 13.6 Å². The fraction of sp³-hybridized carbons (Fsp3) is 0.692. The first-order valence-corrected chi connectivity index (χ1v) is 7.89. The SMILES string of the molecule is Cc1cc(S(=O)(=O)N(C)CCC(N)C(C)C)c(C)o1.Cl. The van der Waals surface area contributed by atoms with E-state index < -0.39 is 10.0 Å². The van der Waals surface area contributed by atoms with E-state index in [1.54, 1.807) is 27.0 Å². The number of rotatable bonds is 6. The molecule has 1 atom stereocenters. The Labute approximate surface area is 128 Å². The number of hydrogen-bond donors (Lipinski definition) is 1. The number of furan rings is 1. The van der Waals surface area contributed by atoms with Gasteiger partial charge < -0.3 is 10.2 Å². The van der Waals surface area contributed by atoms with E-state index in [0.717, 1.165) is 0 Å². The zero-order valence-corrected chi connectivity index (χ0v) is 14.3. The van der Waals surface area contributed by atoms with E-state index in [0.29, 0.717) is 30.4 Å². The second-order valence-corrected chi connectivity index (χ2v) is 7.31. The van der Waals surface area contributed by atoms with Gasteiger partial charge in [-0.1, -0.05) is 13.8 Å². The predicted molar refractivity (Wildman–Crippen MR) is 82.7 cm³/mol. The molecule has 5 nitrogen and oxygen atoms in total. The smallest absolute Gasteiger partial charge is 0.246 e. The fourth-order valence-corrected chi connectivity index (χ4v) is 3.22. The zero-order chi connectivity index (χ0) is 14.8. The van der Waals surface area contributed by atoms with Crippen LogP contribution < -0.4 is 5.73 Å². The van der Waals surface area contributed by atoms with Crippen LogP contribution in [0.3, 0.4) is 0 Å². The molecule has 118 valence electrons. The van der Waals surface area contributed by atoms with E-state index in [1.807, 2.05) is 13.8 Å². The van der Waals surface area contributed by atoms with Crippen LogP contribution in [-0.2, 0) is 10.0 Å². The Hall–Kier alpha value is -0.560. The molecule has 2 N–H and O–H groups in total. The van der Waals surface area contributed by atoms with Gasteiger partial charge in [-0.05, 0) is 32.3 Å². The summed E-state index contributed by atoms with van der Waals surface area (Å²) in [5.74, 6) is 1.37. The van der Waals surface area contributed by atoms with Crippen molar-refractivity contribution >= 4 is 22.4 Å². The minimum Gasteiger partial charge on any atom is -0.465 e. The molecule has 1 rings (SSSR count). The lowest BCUT2D eigenvalue weighted by atomic mass is 10.0. The van der Waals surface area contributed by atoms with Crippen molar-refractivity contribution in [1.29, 1.82) is 0 Å². The van der Waals surface area contributed by atoms with Gasteiger partial charge in [0.15, 0.2) is 0 Å². The molecule has 0 radical (unpaired) electrons. The van der Waals surface area contributed by atoms with Crippen LogP contribution in [0, 0.1) is 19.8 Å². The van der Waals surface area contributed by atoms with Crippen LogP contribution in [0.1, 0.15) is 31.8 Å². The van der Waals surface area contributed by atoms with Crippen molar-refractivity contribution in [1.82, 2.24) is 4.31 Å². The summed E-state index contributed by atoms with van der Waals surface area (Å²) in [6.45, 7) is 7.87. The summed E-state index contributed by atoms with van der Waals surface area (Å²) in [5.41, 5.74) is 5.94. The van der Waals surface area contributed by atoms with Crippen LogP contribution in [-0.4, -0.2) is 32.4 Å². The van der Waals surface area contributed by atoms with Crippen molar-refractivity contribution in [3.05, 3.63) is 17.6 Å². The number of halogens is 1. The van der Waals surface area contributed by atoms with Crippen molar-refractivity contribution in [2.45, 2.75) is 45.1 Å². The summed E-state index contributed by atoms with van der Waals surface area (Å²) in [6.07, 6.45) is 0.642. The number of aryl methyl sites for hydroxylation is 2. The summed E-state index contributed by atoms with van der Waals surface area (Å²) < 4.78 is 31.4. The van der Waals surface area contributed by atoms with E-state index in [1.165, 1.54) is 4.31 Å². The standard InChI is InChI=1S/C13H24N2O3S.ClH/c1-9(2)12(14)6-7-15(5)19(16,17)13-8-10(3)18-11(13)4;/h8-9,12H,6-7,14H2,1-5H3;1H. The van der Waals surface area contributed by atoms with Gasteiger partial charge in [-0.25, -0.2) is 12.7 Å². The molecule has 0 spiro atoms. The molecule has 1 heterocycles. The molecule has 0 bridgehead atoms. The zero-order valence-electron chi connectivity index (χ0n) is 12.7. The van der Waals surface area contributed by atoms with Gasteiger partial charge >= 0.3 is 0 Å². The molecular weight excluding hydrogens is 300 g/mol. The van der Waals surface area contributed by atoms with Gasteiger partial charge in [0.1, 0.15) is 16.4 Å². The molecule has 0 aromatic carbocycles. The van der Waals surface area contributed by atoms with E-state index >= 15 is 0 Å². The van der Waals surface area contributed by atoms with Crippen molar-refractivity contribution < 1.29 is 12.8 Å². The highest BCUT2D eigenvalue weighted by Gasteiger charge is 2.25. The van der Waals surface area contributed by atoms with Crippen LogP contribution in [0.5, 0.6) is 0 Å². The van der Waals surface area contributed by atoms with Crippen molar-refractivity contribution in [3.8, 4) is 0 Å². The van der Waals surface area contributed by atoms with Crippen LogP contribution in [0.15, 0.2) is 15.4 Å². The van der Waals surface area contributed by atoms with Gasteiger partial charge in [0, 0.05) is 19.6 Å². The Kier molecular flexibility index (Phi) is 7.24. The summed E-state index contributed by atoms with van der Waals surface area (Å²) in [6, 6.07) is 1.56. The van der Waals surface area contributed by atoms with Crippen LogP contribution >= 0.6 is 12.4 Å². The minimum absolute atomic E-state index is 0. The topological polar surface area (TPSA) is 76.5 Å². The summed E-state index contributed by atoms with van der Waals surface area (Å²) in [5, 5.41) is 0. The molecule has 1 aromatic heterocycles. The van der Waals surface area contributed by atoms with Crippen LogP contribution in [0.4, 0.5) is 0 Å². The van der Waals surface area contributed by atoms with Crippen molar-refractivity contribution in [2.24, 2.45) is 11.7 Å². The molecule has 0 aliphatic rings. The largest absolute Gasteiger partial charge is 0.465 e. The maximum absolute atomic E-state index is 12.4. The molecule has 0 aliphatic carbocycles. The highest BCUT2D eigenvalue weighted by Crippen LogP contribution is 2.22. The average molecular weight is 325 g/mol. The summed E-state index contributed by atoms with van der Waals surface area (Å²) in [7, 11) is -1.91. The van der Waals surface area contributed by atoms with Crippen LogP contribution in [0.2, 0.25) is 0 Å². The van der Waals surface area contributed by atoms with Gasteiger partial charge in [0.05, 0.1) is 0 Å². The van der Waals surface area contributed by atoms with E-state index in [9.17, 15) is 8.42 Å². The second-order valence-electron chi connectivity index (χ2n) is 5.30.